The van der Waals surface area contributed by atoms with E-state index in [1.807, 2.05) is 36.0 Å². The van der Waals surface area contributed by atoms with Gasteiger partial charge in [0.05, 0.1) is 18.5 Å². The molecule has 1 aliphatic rings. The third-order valence-corrected chi connectivity index (χ3v) is 7.03. The van der Waals surface area contributed by atoms with Crippen LogP contribution >= 0.6 is 39.3 Å². The maximum atomic E-state index is 13.2. The van der Waals surface area contributed by atoms with E-state index in [4.69, 9.17) is 21.4 Å². The predicted molar refractivity (Wildman–Crippen MR) is 139 cm³/mol. The highest BCUT2D eigenvalue weighted by Crippen LogP contribution is 2.36. The van der Waals surface area contributed by atoms with Crippen molar-refractivity contribution in [3.05, 3.63) is 63.6 Å². The van der Waals surface area contributed by atoms with Crippen LogP contribution in [0.4, 0.5) is 10.5 Å². The lowest BCUT2D eigenvalue weighted by atomic mass is 9.78. The molecule has 176 valence electrons. The Balaban J connectivity index is 1.86. The Labute approximate surface area is 212 Å². The number of ether oxygens (including phenoxy) is 1. The normalized spacial score (nSPS) is 17.6. The van der Waals surface area contributed by atoms with Crippen molar-refractivity contribution in [3.63, 3.8) is 0 Å². The second-order valence-electron chi connectivity index (χ2n) is 8.11. The number of hydrogen-bond acceptors (Lipinski definition) is 6. The zero-order valence-corrected chi connectivity index (χ0v) is 22.0. The number of amides is 2. The molecule has 2 aromatic carbocycles. The molecule has 9 heteroatoms. The zero-order chi connectivity index (χ0) is 24.0. The molecule has 1 heterocycles. The van der Waals surface area contributed by atoms with E-state index in [2.05, 4.69) is 29.1 Å². The summed E-state index contributed by atoms with van der Waals surface area (Å²) in [5, 5.41) is 7.24. The van der Waals surface area contributed by atoms with Crippen LogP contribution in [0, 0.1) is 5.41 Å². The van der Waals surface area contributed by atoms with Crippen LogP contribution in [0.5, 0.6) is 0 Å². The molecule has 2 aromatic rings. The molecule has 1 aliphatic heterocycles. The van der Waals surface area contributed by atoms with Gasteiger partial charge in [0.2, 0.25) is 0 Å². The average molecular weight is 553 g/mol. The predicted octanol–water partition coefficient (Wildman–Crippen LogP) is 6.07. The summed E-state index contributed by atoms with van der Waals surface area (Å²) in [6.45, 7) is 2.72. The van der Waals surface area contributed by atoms with Gasteiger partial charge in [-0.3, -0.25) is 9.80 Å². The molecule has 0 aliphatic carbocycles. The lowest BCUT2D eigenvalue weighted by Crippen LogP contribution is -2.43. The third kappa shape index (κ3) is 6.31. The minimum atomic E-state index is -0.730. The van der Waals surface area contributed by atoms with Gasteiger partial charge >= 0.3 is 6.09 Å². The quantitative estimate of drug-likeness (QED) is 0.372. The van der Waals surface area contributed by atoms with Crippen molar-refractivity contribution < 1.29 is 14.3 Å². The van der Waals surface area contributed by atoms with E-state index in [1.165, 1.54) is 7.11 Å². The van der Waals surface area contributed by atoms with Crippen molar-refractivity contribution in [3.8, 4) is 0 Å². The molecule has 33 heavy (non-hydrogen) atoms. The first kappa shape index (κ1) is 25.6. The number of imide groups is 1. The first-order chi connectivity index (χ1) is 15.8. The van der Waals surface area contributed by atoms with Crippen molar-refractivity contribution in [1.29, 1.82) is 0 Å². The maximum absolute atomic E-state index is 13.2. The van der Waals surface area contributed by atoms with Gasteiger partial charge in [-0.25, -0.2) is 9.69 Å². The van der Waals surface area contributed by atoms with Crippen molar-refractivity contribution >= 4 is 62.7 Å². The fourth-order valence-electron chi connectivity index (χ4n) is 3.94. The van der Waals surface area contributed by atoms with Crippen molar-refractivity contribution in [2.45, 2.75) is 19.8 Å². The summed E-state index contributed by atoms with van der Waals surface area (Å²) in [7, 11) is 1.26. The van der Waals surface area contributed by atoms with Crippen LogP contribution in [0.1, 0.15) is 25.3 Å². The summed E-state index contributed by atoms with van der Waals surface area (Å²) >= 11 is 11.3. The summed E-state index contributed by atoms with van der Waals surface area (Å²) in [5.74, 6) is 0.652. The number of thioether (sulfide) groups is 1. The van der Waals surface area contributed by atoms with Gasteiger partial charge in [-0.15, -0.1) is 0 Å². The molecular formula is C24H27BrClN3O3S. The molecule has 0 saturated heterocycles. The minimum Gasteiger partial charge on any atom is -0.452 e. The van der Waals surface area contributed by atoms with Gasteiger partial charge < -0.3 is 4.74 Å². The van der Waals surface area contributed by atoms with E-state index >= 15 is 0 Å². The van der Waals surface area contributed by atoms with Crippen LogP contribution in [-0.2, 0) is 9.53 Å². The molecule has 0 aromatic heterocycles. The highest BCUT2D eigenvalue weighted by molar-refractivity contribution is 9.10. The maximum Gasteiger partial charge on any atom is 0.420 e. The van der Waals surface area contributed by atoms with Crippen LogP contribution < -0.4 is 4.90 Å². The summed E-state index contributed by atoms with van der Waals surface area (Å²) < 4.78 is 5.72. The van der Waals surface area contributed by atoms with Gasteiger partial charge in [-0.1, -0.05) is 46.6 Å². The third-order valence-electron chi connectivity index (χ3n) is 5.55. The molecule has 0 N–H and O–H groups in total. The Bertz CT molecular complexity index is 1020. The van der Waals surface area contributed by atoms with Gasteiger partial charge in [-0.2, -0.15) is 16.9 Å². The monoisotopic (exact) mass is 551 g/mol. The molecule has 0 radical (unpaired) electrons. The summed E-state index contributed by atoms with van der Waals surface area (Å²) in [5.41, 5.74) is 2.14. The molecule has 6 nitrogen and oxygen atoms in total. The van der Waals surface area contributed by atoms with E-state index < -0.39 is 12.0 Å². The number of halogens is 2. The lowest BCUT2D eigenvalue weighted by Gasteiger charge is -2.27. The molecule has 2 amide bonds. The fourth-order valence-corrected chi connectivity index (χ4v) is 4.77. The van der Waals surface area contributed by atoms with Gasteiger partial charge in [0.25, 0.3) is 5.91 Å². The Hall–Kier alpha value is -2.03. The summed E-state index contributed by atoms with van der Waals surface area (Å²) in [6, 6.07) is 14.5. The number of rotatable bonds is 8. The molecule has 1 unspecified atom stereocenters. The first-order valence-electron chi connectivity index (χ1n) is 10.5. The van der Waals surface area contributed by atoms with Gasteiger partial charge in [0.1, 0.15) is 6.54 Å². The number of nitrogens with zero attached hydrogens (tertiary/aromatic N) is 3. The van der Waals surface area contributed by atoms with Crippen LogP contribution in [-0.4, -0.2) is 54.9 Å². The van der Waals surface area contributed by atoms with Gasteiger partial charge in [0, 0.05) is 21.5 Å². The molecule has 0 spiro atoms. The second kappa shape index (κ2) is 11.4. The average Bonchev–Trinajstić information content (AvgIpc) is 3.11. The van der Waals surface area contributed by atoms with Crippen LogP contribution in [0.15, 0.2) is 58.1 Å². The number of benzene rings is 2. The largest absolute Gasteiger partial charge is 0.452 e. The van der Waals surface area contributed by atoms with Gasteiger partial charge in [-0.05, 0) is 66.8 Å². The second-order valence-corrected chi connectivity index (χ2v) is 10.4. The molecule has 3 rings (SSSR count). The van der Waals surface area contributed by atoms with E-state index in [0.29, 0.717) is 17.3 Å². The number of hydrogen-bond donors (Lipinski definition) is 0. The molecule has 0 saturated carbocycles. The number of carbonyl (C=O) groups excluding carboxylic acids is 2. The van der Waals surface area contributed by atoms with Crippen molar-refractivity contribution in [1.82, 2.24) is 5.01 Å². The van der Waals surface area contributed by atoms with Crippen LogP contribution in [0.25, 0.3) is 0 Å². The van der Waals surface area contributed by atoms with Gasteiger partial charge in [0.15, 0.2) is 0 Å². The Morgan fingerprint density at radius 2 is 1.88 bits per heavy atom. The highest BCUT2D eigenvalue weighted by atomic mass is 79.9. The number of methoxy groups -OCH3 is 1. The first-order valence-corrected chi connectivity index (χ1v) is 13.1. The smallest absolute Gasteiger partial charge is 0.420 e. The number of hydrazone groups is 1. The molecular weight excluding hydrogens is 526 g/mol. The van der Waals surface area contributed by atoms with E-state index in [1.54, 1.807) is 29.3 Å². The number of anilines is 1. The molecule has 0 fully saturated rings. The van der Waals surface area contributed by atoms with E-state index in [0.717, 1.165) is 39.2 Å². The van der Waals surface area contributed by atoms with Crippen molar-refractivity contribution in [2.75, 3.05) is 37.1 Å². The summed E-state index contributed by atoms with van der Waals surface area (Å²) in [4.78, 5) is 26.7. The number of carbonyl (C=O) groups is 2. The Morgan fingerprint density at radius 3 is 2.48 bits per heavy atom. The SMILES string of the molecule is COC(=O)N(C(=O)CN1CC(C)(CCCSC)C(c2ccc(Cl)cc2)=N1)c1ccc(Br)cc1. The Kier molecular flexibility index (Phi) is 8.84. The van der Waals surface area contributed by atoms with Crippen LogP contribution in [0.3, 0.4) is 0 Å². The minimum absolute atomic E-state index is 0.0413. The topological polar surface area (TPSA) is 62.2 Å². The van der Waals surface area contributed by atoms with Crippen LogP contribution in [0.2, 0.25) is 5.02 Å². The fraction of sp³-hybridized carbons (Fsp3) is 0.375. The lowest BCUT2D eigenvalue weighted by molar-refractivity contribution is -0.119. The van der Waals surface area contributed by atoms with E-state index in [9.17, 15) is 9.59 Å². The zero-order valence-electron chi connectivity index (χ0n) is 18.9. The van der Waals surface area contributed by atoms with Crippen molar-refractivity contribution in [2.24, 2.45) is 10.5 Å². The standard InChI is InChI=1S/C24H27BrClN3O3S/c1-24(13-4-14-33-3)16-28(27-22(24)17-5-9-19(26)10-6-17)15-21(30)29(23(31)32-2)20-11-7-18(25)8-12-20/h5-12H,4,13-16H2,1-3H3. The molecule has 1 atom stereocenters. The van der Waals surface area contributed by atoms with E-state index in [-0.39, 0.29) is 12.0 Å². The molecule has 0 bridgehead atoms. The highest BCUT2D eigenvalue weighted by Gasteiger charge is 2.40. The summed E-state index contributed by atoms with van der Waals surface area (Å²) in [6.07, 6.45) is 3.35. The Morgan fingerprint density at radius 1 is 1.21 bits per heavy atom.